The van der Waals surface area contributed by atoms with Crippen molar-refractivity contribution in [3.63, 3.8) is 0 Å². The average molecular weight is 205 g/mol. The molecule has 0 aliphatic carbocycles. The van der Waals surface area contributed by atoms with Crippen LogP contribution in [0, 0.1) is 0 Å². The van der Waals surface area contributed by atoms with E-state index in [1.807, 2.05) is 23.6 Å². The molecule has 0 aliphatic rings. The maximum atomic E-state index is 5.23. The first kappa shape index (κ1) is 9.33. The van der Waals surface area contributed by atoms with Crippen LogP contribution in [-0.2, 0) is 6.54 Å². The molecule has 0 aliphatic heterocycles. The lowest BCUT2D eigenvalue weighted by atomic mass is 10.2. The fourth-order valence-electron chi connectivity index (χ4n) is 1.22. The predicted octanol–water partition coefficient (Wildman–Crippen LogP) is 1.77. The van der Waals surface area contributed by atoms with E-state index >= 15 is 0 Å². The topological polar surface area (TPSA) is 50.9 Å². The van der Waals surface area contributed by atoms with Crippen LogP contribution in [0.2, 0.25) is 0 Å². The fourth-order valence-corrected chi connectivity index (χ4v) is 1.98. The number of thiazole rings is 1. The molecule has 0 saturated carbocycles. The van der Waals surface area contributed by atoms with E-state index in [1.54, 1.807) is 11.3 Å². The third-order valence-electron chi connectivity index (χ3n) is 1.87. The van der Waals surface area contributed by atoms with Crippen LogP contribution in [0.1, 0.15) is 5.01 Å². The molecule has 4 heteroatoms. The zero-order valence-electron chi connectivity index (χ0n) is 7.60. The van der Waals surface area contributed by atoms with E-state index in [0.717, 1.165) is 16.3 Å². The Hall–Kier alpha value is -1.23. The molecule has 0 bridgehead atoms. The average Bonchev–Trinajstić information content (AvgIpc) is 2.68. The van der Waals surface area contributed by atoms with Gasteiger partial charge in [-0.25, -0.2) is 4.98 Å². The van der Waals surface area contributed by atoms with Crippen LogP contribution in [-0.4, -0.2) is 4.98 Å². The molecule has 2 aromatic rings. The number of rotatable bonds is 3. The minimum atomic E-state index is 0.623. The summed E-state index contributed by atoms with van der Waals surface area (Å²) in [6.07, 6.45) is 0. The maximum absolute atomic E-state index is 5.23. The summed E-state index contributed by atoms with van der Waals surface area (Å²) in [6.45, 7) is 0.623. The number of nitrogens with one attached hydrogen (secondary N) is 1. The Morgan fingerprint density at radius 1 is 1.29 bits per heavy atom. The smallest absolute Gasteiger partial charge is 0.108 e. The molecule has 3 nitrogen and oxygen atoms in total. The third-order valence-corrected chi connectivity index (χ3v) is 2.72. The molecule has 2 rings (SSSR count). The molecular weight excluding hydrogens is 194 g/mol. The number of aromatic nitrogens is 1. The number of hydrazine groups is 1. The van der Waals surface area contributed by atoms with E-state index < -0.39 is 0 Å². The predicted molar refractivity (Wildman–Crippen MR) is 58.6 cm³/mol. The molecule has 1 aromatic heterocycles. The standard InChI is InChI=1S/C10H11N3S/c11-12-6-10-13-9(7-14-10)8-4-2-1-3-5-8/h1-5,7,12H,6,11H2. The minimum absolute atomic E-state index is 0.623. The summed E-state index contributed by atoms with van der Waals surface area (Å²) < 4.78 is 0. The third kappa shape index (κ3) is 1.98. The first-order chi connectivity index (χ1) is 6.90. The first-order valence-corrected chi connectivity index (χ1v) is 5.21. The molecule has 3 N–H and O–H groups in total. The number of benzene rings is 1. The SMILES string of the molecule is NNCc1nc(-c2ccccc2)cs1. The summed E-state index contributed by atoms with van der Waals surface area (Å²) in [4.78, 5) is 4.45. The van der Waals surface area contributed by atoms with Crippen LogP contribution in [0.3, 0.4) is 0 Å². The van der Waals surface area contributed by atoms with Crippen molar-refractivity contribution >= 4 is 11.3 Å². The van der Waals surface area contributed by atoms with Gasteiger partial charge in [-0.2, -0.15) is 0 Å². The van der Waals surface area contributed by atoms with E-state index in [0.29, 0.717) is 6.54 Å². The quantitative estimate of drug-likeness (QED) is 0.593. The summed E-state index contributed by atoms with van der Waals surface area (Å²) in [6, 6.07) is 10.1. The van der Waals surface area contributed by atoms with E-state index in [1.165, 1.54) is 0 Å². The Labute approximate surface area is 86.6 Å². The second kappa shape index (κ2) is 4.32. The van der Waals surface area contributed by atoms with Crippen LogP contribution < -0.4 is 11.3 Å². The van der Waals surface area contributed by atoms with Gasteiger partial charge >= 0.3 is 0 Å². The summed E-state index contributed by atoms with van der Waals surface area (Å²) in [5, 5.41) is 3.05. The van der Waals surface area contributed by atoms with Crippen molar-refractivity contribution < 1.29 is 0 Å². The van der Waals surface area contributed by atoms with Gasteiger partial charge in [-0.3, -0.25) is 11.3 Å². The van der Waals surface area contributed by atoms with E-state index in [-0.39, 0.29) is 0 Å². The second-order valence-corrected chi connectivity index (χ2v) is 3.82. The number of nitrogens with two attached hydrogens (primary N) is 1. The molecule has 1 aromatic carbocycles. The molecule has 0 fully saturated rings. The lowest BCUT2D eigenvalue weighted by Crippen LogP contribution is -2.20. The van der Waals surface area contributed by atoms with Crippen molar-refractivity contribution in [3.8, 4) is 11.3 Å². The Balaban J connectivity index is 2.25. The molecule has 14 heavy (non-hydrogen) atoms. The zero-order chi connectivity index (χ0) is 9.80. The van der Waals surface area contributed by atoms with Gasteiger partial charge in [0.05, 0.1) is 12.2 Å². The number of nitrogens with zero attached hydrogens (tertiary/aromatic N) is 1. The molecule has 0 saturated heterocycles. The fraction of sp³-hybridized carbons (Fsp3) is 0.100. The van der Waals surface area contributed by atoms with Gasteiger partial charge in [-0.1, -0.05) is 30.3 Å². The summed E-state index contributed by atoms with van der Waals surface area (Å²) >= 11 is 1.62. The minimum Gasteiger partial charge on any atom is -0.271 e. The molecule has 0 amide bonds. The van der Waals surface area contributed by atoms with Crippen molar-refractivity contribution in [2.45, 2.75) is 6.54 Å². The Kier molecular flexibility index (Phi) is 2.88. The largest absolute Gasteiger partial charge is 0.271 e. The Morgan fingerprint density at radius 2 is 2.07 bits per heavy atom. The summed E-state index contributed by atoms with van der Waals surface area (Å²) in [7, 11) is 0. The molecule has 0 radical (unpaired) electrons. The molecule has 0 atom stereocenters. The Bertz CT molecular complexity index is 397. The van der Waals surface area contributed by atoms with Crippen LogP contribution in [0.15, 0.2) is 35.7 Å². The van der Waals surface area contributed by atoms with Gasteiger partial charge in [-0.05, 0) is 0 Å². The lowest BCUT2D eigenvalue weighted by Gasteiger charge is -1.94. The van der Waals surface area contributed by atoms with Crippen molar-refractivity contribution in [3.05, 3.63) is 40.7 Å². The second-order valence-electron chi connectivity index (χ2n) is 2.87. The number of hydrogen-bond donors (Lipinski definition) is 2. The van der Waals surface area contributed by atoms with Crippen LogP contribution in [0.4, 0.5) is 0 Å². The normalized spacial score (nSPS) is 10.4. The molecular formula is C10H11N3S. The summed E-state index contributed by atoms with van der Waals surface area (Å²) in [5.74, 6) is 5.23. The Morgan fingerprint density at radius 3 is 2.79 bits per heavy atom. The van der Waals surface area contributed by atoms with Gasteiger partial charge in [0.25, 0.3) is 0 Å². The maximum Gasteiger partial charge on any atom is 0.108 e. The van der Waals surface area contributed by atoms with Gasteiger partial charge in [0.1, 0.15) is 5.01 Å². The monoisotopic (exact) mass is 205 g/mol. The van der Waals surface area contributed by atoms with Crippen LogP contribution >= 0.6 is 11.3 Å². The molecule has 0 unspecified atom stereocenters. The van der Waals surface area contributed by atoms with Crippen molar-refractivity contribution in [1.29, 1.82) is 0 Å². The van der Waals surface area contributed by atoms with Crippen molar-refractivity contribution in [1.82, 2.24) is 10.4 Å². The molecule has 72 valence electrons. The van der Waals surface area contributed by atoms with E-state index in [4.69, 9.17) is 5.84 Å². The highest BCUT2D eigenvalue weighted by Gasteiger charge is 2.02. The van der Waals surface area contributed by atoms with Crippen LogP contribution in [0.5, 0.6) is 0 Å². The highest BCUT2D eigenvalue weighted by atomic mass is 32.1. The van der Waals surface area contributed by atoms with E-state index in [2.05, 4.69) is 22.5 Å². The van der Waals surface area contributed by atoms with Crippen molar-refractivity contribution in [2.75, 3.05) is 0 Å². The van der Waals surface area contributed by atoms with Gasteiger partial charge in [0, 0.05) is 10.9 Å². The van der Waals surface area contributed by atoms with Gasteiger partial charge in [-0.15, -0.1) is 11.3 Å². The highest BCUT2D eigenvalue weighted by molar-refractivity contribution is 7.09. The molecule has 0 spiro atoms. The van der Waals surface area contributed by atoms with Gasteiger partial charge in [0.2, 0.25) is 0 Å². The van der Waals surface area contributed by atoms with E-state index in [9.17, 15) is 0 Å². The van der Waals surface area contributed by atoms with Gasteiger partial charge < -0.3 is 0 Å². The number of hydrogen-bond acceptors (Lipinski definition) is 4. The first-order valence-electron chi connectivity index (χ1n) is 4.33. The zero-order valence-corrected chi connectivity index (χ0v) is 8.42. The summed E-state index contributed by atoms with van der Waals surface area (Å²) in [5.41, 5.74) is 4.76. The van der Waals surface area contributed by atoms with Crippen LogP contribution in [0.25, 0.3) is 11.3 Å². The molecule has 1 heterocycles. The highest BCUT2D eigenvalue weighted by Crippen LogP contribution is 2.20. The van der Waals surface area contributed by atoms with Gasteiger partial charge in [0.15, 0.2) is 0 Å². The van der Waals surface area contributed by atoms with Crippen molar-refractivity contribution in [2.24, 2.45) is 5.84 Å². The lowest BCUT2D eigenvalue weighted by molar-refractivity contribution is 0.737.